The Morgan fingerprint density at radius 1 is 1.06 bits per heavy atom. The van der Waals surface area contributed by atoms with Crippen molar-refractivity contribution >= 4 is 38.3 Å². The van der Waals surface area contributed by atoms with Crippen LogP contribution in [0.3, 0.4) is 0 Å². The molecule has 158 valence electrons. The number of fused-ring (bicyclic) bond motifs is 1. The van der Waals surface area contributed by atoms with Crippen LogP contribution in [0.4, 0.5) is 0 Å². The van der Waals surface area contributed by atoms with Gasteiger partial charge in [0.25, 0.3) is 0 Å². The molecule has 4 rings (SSSR count). The number of carbonyl (C=O) groups excluding carboxylic acids is 1. The van der Waals surface area contributed by atoms with Crippen molar-refractivity contribution in [1.29, 1.82) is 0 Å². The lowest BCUT2D eigenvalue weighted by atomic mass is 10.0. The van der Waals surface area contributed by atoms with Crippen LogP contribution in [-0.4, -0.2) is 36.5 Å². The number of sulfone groups is 1. The molecule has 0 amide bonds. The molecule has 31 heavy (non-hydrogen) atoms. The number of pyridine rings is 1. The van der Waals surface area contributed by atoms with E-state index in [2.05, 4.69) is 15.2 Å². The number of carbonyl (C=O) groups is 1. The van der Waals surface area contributed by atoms with Crippen molar-refractivity contribution in [2.75, 3.05) is 7.11 Å². The first-order chi connectivity index (χ1) is 14.9. The average Bonchev–Trinajstić information content (AvgIpc) is 3.25. The van der Waals surface area contributed by atoms with Crippen molar-refractivity contribution in [3.63, 3.8) is 0 Å². The van der Waals surface area contributed by atoms with Crippen molar-refractivity contribution in [2.45, 2.75) is 22.6 Å². The summed E-state index contributed by atoms with van der Waals surface area (Å²) in [6.45, 7) is 0. The van der Waals surface area contributed by atoms with E-state index in [1.165, 1.54) is 37.6 Å². The summed E-state index contributed by atoms with van der Waals surface area (Å²) in [6, 6.07) is 12.6. The first-order valence-electron chi connectivity index (χ1n) is 9.38. The van der Waals surface area contributed by atoms with Gasteiger partial charge in [0.15, 0.2) is 11.4 Å². The Labute approximate surface area is 184 Å². The second kappa shape index (κ2) is 8.49. The number of benzene rings is 2. The molecule has 0 aliphatic rings. The van der Waals surface area contributed by atoms with Gasteiger partial charge in [0.1, 0.15) is 5.75 Å². The van der Waals surface area contributed by atoms with E-state index in [1.54, 1.807) is 30.5 Å². The molecule has 0 radical (unpaired) electrons. The standard InChI is InChI=1S/C22H18ClN3O4S/c1-30-18-9-17(23)10-20(11-18)31(28,29)19-5-2-14(3-6-19)4-7-21(27)15-8-16-13-25-26-22(16)24-12-15/h2-3,5-6,8-13H,4,7H2,1H3,(H,24,25,26). The molecule has 0 aliphatic heterocycles. The third-order valence-corrected chi connectivity index (χ3v) is 6.85. The number of Topliss-reactive ketones (excluding diaryl/α,β-unsaturated/α-hetero) is 1. The van der Waals surface area contributed by atoms with Crippen molar-refractivity contribution in [2.24, 2.45) is 0 Å². The fraction of sp³-hybridized carbons (Fsp3) is 0.136. The van der Waals surface area contributed by atoms with Gasteiger partial charge in [0.2, 0.25) is 9.84 Å². The molecule has 4 aromatic rings. The Kier molecular flexibility index (Phi) is 5.75. The number of hydrogen-bond acceptors (Lipinski definition) is 6. The van der Waals surface area contributed by atoms with E-state index < -0.39 is 9.84 Å². The minimum atomic E-state index is -3.75. The number of nitrogens with zero attached hydrogens (tertiary/aromatic N) is 2. The SMILES string of the molecule is COc1cc(Cl)cc(S(=O)(=O)c2ccc(CCC(=O)c3cnc4[nH]ncc4c3)cc2)c1. The lowest BCUT2D eigenvalue weighted by Crippen LogP contribution is -2.04. The fourth-order valence-corrected chi connectivity index (χ4v) is 4.78. The molecule has 0 aliphatic carbocycles. The average molecular weight is 456 g/mol. The van der Waals surface area contributed by atoms with E-state index in [4.69, 9.17) is 16.3 Å². The summed E-state index contributed by atoms with van der Waals surface area (Å²) in [5.74, 6) is 0.322. The summed E-state index contributed by atoms with van der Waals surface area (Å²) >= 11 is 6.01. The Bertz CT molecular complexity index is 1370. The van der Waals surface area contributed by atoms with Gasteiger partial charge in [-0.3, -0.25) is 9.89 Å². The van der Waals surface area contributed by atoms with Crippen LogP contribution in [-0.2, 0) is 16.3 Å². The van der Waals surface area contributed by atoms with E-state index in [0.717, 1.165) is 10.9 Å². The van der Waals surface area contributed by atoms with Crippen LogP contribution in [0, 0.1) is 0 Å². The number of methoxy groups -OCH3 is 1. The highest BCUT2D eigenvalue weighted by Gasteiger charge is 2.19. The minimum Gasteiger partial charge on any atom is -0.497 e. The van der Waals surface area contributed by atoms with Crippen LogP contribution >= 0.6 is 11.6 Å². The molecule has 0 unspecified atom stereocenters. The first-order valence-corrected chi connectivity index (χ1v) is 11.2. The maximum Gasteiger partial charge on any atom is 0.206 e. The maximum atomic E-state index is 12.9. The zero-order chi connectivity index (χ0) is 22.0. The van der Waals surface area contributed by atoms with Crippen LogP contribution in [0.1, 0.15) is 22.3 Å². The van der Waals surface area contributed by atoms with E-state index in [-0.39, 0.29) is 27.0 Å². The first kappa shape index (κ1) is 21.0. The quantitative estimate of drug-likeness (QED) is 0.417. The molecule has 1 N–H and O–H groups in total. The smallest absolute Gasteiger partial charge is 0.206 e. The topological polar surface area (TPSA) is 102 Å². The summed E-state index contributed by atoms with van der Waals surface area (Å²) in [6.07, 6.45) is 3.90. The van der Waals surface area contributed by atoms with Gasteiger partial charge >= 0.3 is 0 Å². The van der Waals surface area contributed by atoms with Crippen LogP contribution in [0.2, 0.25) is 5.02 Å². The molecule has 0 saturated heterocycles. The third kappa shape index (κ3) is 4.45. The summed E-state index contributed by atoms with van der Waals surface area (Å²) in [5, 5.41) is 7.69. The number of ether oxygens (including phenoxy) is 1. The third-order valence-electron chi connectivity index (χ3n) is 4.88. The summed E-state index contributed by atoms with van der Waals surface area (Å²) in [7, 11) is -2.30. The number of aryl methyl sites for hydroxylation is 1. The highest BCUT2D eigenvalue weighted by molar-refractivity contribution is 7.91. The second-order valence-electron chi connectivity index (χ2n) is 6.93. The second-order valence-corrected chi connectivity index (χ2v) is 9.32. The van der Waals surface area contributed by atoms with E-state index >= 15 is 0 Å². The molecular weight excluding hydrogens is 438 g/mol. The van der Waals surface area contributed by atoms with Gasteiger partial charge in [-0.15, -0.1) is 0 Å². The summed E-state index contributed by atoms with van der Waals surface area (Å²) in [5.41, 5.74) is 2.00. The predicted molar refractivity (Wildman–Crippen MR) is 116 cm³/mol. The summed E-state index contributed by atoms with van der Waals surface area (Å²) in [4.78, 5) is 16.9. The molecule has 2 heterocycles. The minimum absolute atomic E-state index is 0.0432. The van der Waals surface area contributed by atoms with Gasteiger partial charge in [0, 0.05) is 28.6 Å². The van der Waals surface area contributed by atoms with Gasteiger partial charge in [-0.2, -0.15) is 5.10 Å². The Hall–Kier alpha value is -3.23. The maximum absolute atomic E-state index is 12.9. The number of aromatic nitrogens is 3. The van der Waals surface area contributed by atoms with Gasteiger partial charge in [-0.1, -0.05) is 23.7 Å². The fourth-order valence-electron chi connectivity index (χ4n) is 3.17. The van der Waals surface area contributed by atoms with E-state index in [0.29, 0.717) is 23.4 Å². The van der Waals surface area contributed by atoms with E-state index in [1.807, 2.05) is 0 Å². The van der Waals surface area contributed by atoms with Gasteiger partial charge in [0.05, 0.1) is 23.1 Å². The van der Waals surface area contributed by atoms with Gasteiger partial charge in [-0.05, 0) is 48.4 Å². The number of H-pyrrole nitrogens is 1. The highest BCUT2D eigenvalue weighted by Crippen LogP contribution is 2.28. The lowest BCUT2D eigenvalue weighted by Gasteiger charge is -2.09. The largest absolute Gasteiger partial charge is 0.497 e. The molecule has 7 nitrogen and oxygen atoms in total. The number of rotatable bonds is 7. The van der Waals surface area contributed by atoms with Crippen molar-refractivity contribution in [1.82, 2.24) is 15.2 Å². The number of hydrogen-bond donors (Lipinski definition) is 1. The van der Waals surface area contributed by atoms with Gasteiger partial charge < -0.3 is 4.74 Å². The van der Waals surface area contributed by atoms with Crippen LogP contribution in [0.15, 0.2) is 70.7 Å². The molecule has 0 fully saturated rings. The Balaban J connectivity index is 1.47. The molecule has 2 aromatic heterocycles. The number of ketones is 1. The normalized spacial score (nSPS) is 11.5. The Morgan fingerprint density at radius 2 is 1.84 bits per heavy atom. The molecule has 9 heteroatoms. The lowest BCUT2D eigenvalue weighted by molar-refractivity contribution is 0.0982. The van der Waals surface area contributed by atoms with Crippen LogP contribution in [0.25, 0.3) is 11.0 Å². The molecule has 0 saturated carbocycles. The van der Waals surface area contributed by atoms with Crippen LogP contribution < -0.4 is 4.74 Å². The zero-order valence-electron chi connectivity index (χ0n) is 16.5. The van der Waals surface area contributed by atoms with Crippen molar-refractivity contribution < 1.29 is 17.9 Å². The van der Waals surface area contributed by atoms with Crippen LogP contribution in [0.5, 0.6) is 5.75 Å². The monoisotopic (exact) mass is 455 g/mol. The van der Waals surface area contributed by atoms with Gasteiger partial charge in [-0.25, -0.2) is 13.4 Å². The van der Waals surface area contributed by atoms with E-state index in [9.17, 15) is 13.2 Å². The number of aromatic amines is 1. The zero-order valence-corrected chi connectivity index (χ0v) is 18.1. The molecule has 0 atom stereocenters. The molecule has 2 aromatic carbocycles. The number of halogens is 1. The number of nitrogens with one attached hydrogen (secondary N) is 1. The Morgan fingerprint density at radius 3 is 2.58 bits per heavy atom. The molecule has 0 bridgehead atoms. The molecule has 0 spiro atoms. The predicted octanol–water partition coefficient (Wildman–Crippen LogP) is 4.27. The highest BCUT2D eigenvalue weighted by atomic mass is 35.5. The summed E-state index contributed by atoms with van der Waals surface area (Å²) < 4.78 is 30.9. The van der Waals surface area contributed by atoms with Crippen molar-refractivity contribution in [3.8, 4) is 5.75 Å². The molecular formula is C22H18ClN3O4S. The van der Waals surface area contributed by atoms with Crippen molar-refractivity contribution in [3.05, 3.63) is 77.1 Å².